The van der Waals surface area contributed by atoms with Gasteiger partial charge in [-0.3, -0.25) is 9.52 Å². The number of pyridine rings is 1. The molecule has 5 nitrogen and oxygen atoms in total. The Morgan fingerprint density at radius 2 is 1.77 bits per heavy atom. The topological polar surface area (TPSA) is 79.0 Å². The molecular formula is C13H11F3N2O3S. The predicted octanol–water partition coefficient (Wildman–Crippen LogP) is 2.34. The quantitative estimate of drug-likeness (QED) is 0.902. The average Bonchev–Trinajstić information content (AvgIpc) is 2.40. The van der Waals surface area contributed by atoms with E-state index in [-0.39, 0.29) is 0 Å². The Kier molecular flexibility index (Phi) is 4.27. The zero-order chi connectivity index (χ0) is 16.4. The summed E-state index contributed by atoms with van der Waals surface area (Å²) in [6.07, 6.45) is -4.21. The molecule has 0 aliphatic rings. The minimum absolute atomic E-state index is 0.443. The molecule has 0 fully saturated rings. The van der Waals surface area contributed by atoms with Crippen LogP contribution in [0.3, 0.4) is 0 Å². The molecular weight excluding hydrogens is 321 g/mol. The Balaban J connectivity index is 2.28. The van der Waals surface area contributed by atoms with Gasteiger partial charge in [-0.05, 0) is 11.6 Å². The Hall–Kier alpha value is -2.29. The number of aromatic nitrogens is 1. The van der Waals surface area contributed by atoms with E-state index >= 15 is 0 Å². The van der Waals surface area contributed by atoms with E-state index in [1.807, 2.05) is 9.71 Å². The highest BCUT2D eigenvalue weighted by atomic mass is 32.2. The van der Waals surface area contributed by atoms with Crippen molar-refractivity contribution in [3.63, 3.8) is 0 Å². The van der Waals surface area contributed by atoms with Gasteiger partial charge in [-0.25, -0.2) is 8.42 Å². The van der Waals surface area contributed by atoms with E-state index in [0.29, 0.717) is 17.8 Å². The van der Waals surface area contributed by atoms with Crippen LogP contribution in [0.15, 0.2) is 47.4 Å². The number of hydrogen-bond donors (Lipinski definition) is 2. The summed E-state index contributed by atoms with van der Waals surface area (Å²) >= 11 is 0. The molecule has 0 unspecified atom stereocenters. The van der Waals surface area contributed by atoms with Crippen LogP contribution in [-0.4, -0.2) is 13.4 Å². The lowest BCUT2D eigenvalue weighted by atomic mass is 10.2. The molecule has 0 atom stereocenters. The summed E-state index contributed by atoms with van der Waals surface area (Å²) in [6.45, 7) is 0. The van der Waals surface area contributed by atoms with E-state index in [4.69, 9.17) is 0 Å². The number of aromatic amines is 1. The third-order valence-electron chi connectivity index (χ3n) is 2.70. The third-order valence-corrected chi connectivity index (χ3v) is 3.94. The first-order chi connectivity index (χ1) is 10.2. The summed E-state index contributed by atoms with van der Waals surface area (Å²) in [5.41, 5.74) is -2.33. The predicted molar refractivity (Wildman–Crippen MR) is 74.8 cm³/mol. The van der Waals surface area contributed by atoms with Gasteiger partial charge in [-0.1, -0.05) is 30.3 Å². The molecule has 1 heterocycles. The smallest absolute Gasteiger partial charge is 0.327 e. The van der Waals surface area contributed by atoms with E-state index in [2.05, 4.69) is 0 Å². The Bertz CT molecular complexity index is 814. The Labute approximate surface area is 123 Å². The Morgan fingerprint density at radius 3 is 2.36 bits per heavy atom. The number of hydrogen-bond acceptors (Lipinski definition) is 3. The molecule has 0 amide bonds. The molecule has 0 radical (unpaired) electrons. The largest absolute Gasteiger partial charge is 0.417 e. The first kappa shape index (κ1) is 16.1. The lowest BCUT2D eigenvalue weighted by molar-refractivity contribution is -0.137. The van der Waals surface area contributed by atoms with E-state index in [1.54, 1.807) is 30.3 Å². The third kappa shape index (κ3) is 4.10. The van der Waals surface area contributed by atoms with Crippen LogP contribution >= 0.6 is 0 Å². The van der Waals surface area contributed by atoms with Crippen LogP contribution in [0.1, 0.15) is 11.1 Å². The average molecular weight is 332 g/mol. The van der Waals surface area contributed by atoms with Crippen molar-refractivity contribution >= 4 is 15.7 Å². The first-order valence-electron chi connectivity index (χ1n) is 6.02. The monoisotopic (exact) mass is 332 g/mol. The van der Waals surface area contributed by atoms with Gasteiger partial charge in [0.25, 0.3) is 5.56 Å². The standard InChI is InChI=1S/C13H11F3N2O3S/c14-13(15,16)10-6-11(12(19)17-7-10)18-22(20,21)8-9-4-2-1-3-5-9/h1-7,18H,8H2,(H,17,19). The first-order valence-corrected chi connectivity index (χ1v) is 7.67. The number of rotatable bonds is 4. The minimum atomic E-state index is -4.69. The number of sulfonamides is 1. The molecule has 0 saturated heterocycles. The van der Waals surface area contributed by atoms with Gasteiger partial charge < -0.3 is 4.98 Å². The van der Waals surface area contributed by atoms with Gasteiger partial charge >= 0.3 is 6.18 Å². The fraction of sp³-hybridized carbons (Fsp3) is 0.154. The molecule has 2 N–H and O–H groups in total. The fourth-order valence-corrected chi connectivity index (χ4v) is 2.91. The number of halogens is 3. The van der Waals surface area contributed by atoms with E-state index < -0.39 is 38.8 Å². The lowest BCUT2D eigenvalue weighted by Gasteiger charge is -2.10. The van der Waals surface area contributed by atoms with Gasteiger partial charge in [-0.2, -0.15) is 13.2 Å². The van der Waals surface area contributed by atoms with Crippen molar-refractivity contribution in [1.82, 2.24) is 4.98 Å². The maximum atomic E-state index is 12.6. The van der Waals surface area contributed by atoms with Crippen molar-refractivity contribution in [2.45, 2.75) is 11.9 Å². The van der Waals surface area contributed by atoms with Crippen molar-refractivity contribution in [1.29, 1.82) is 0 Å². The lowest BCUT2D eigenvalue weighted by Crippen LogP contribution is -2.22. The summed E-state index contributed by atoms with van der Waals surface area (Å²) < 4.78 is 63.5. The van der Waals surface area contributed by atoms with E-state index in [9.17, 15) is 26.4 Å². The minimum Gasteiger partial charge on any atom is -0.327 e. The van der Waals surface area contributed by atoms with E-state index in [1.165, 1.54) is 0 Å². The normalized spacial score (nSPS) is 12.1. The summed E-state index contributed by atoms with van der Waals surface area (Å²) in [5, 5.41) is 0. The molecule has 9 heteroatoms. The second kappa shape index (κ2) is 5.84. The number of anilines is 1. The van der Waals surface area contributed by atoms with Crippen molar-refractivity contribution in [2.75, 3.05) is 4.72 Å². The second-order valence-electron chi connectivity index (χ2n) is 4.48. The van der Waals surface area contributed by atoms with Gasteiger partial charge in [0.05, 0.1) is 11.3 Å². The van der Waals surface area contributed by atoms with E-state index in [0.717, 1.165) is 0 Å². The highest BCUT2D eigenvalue weighted by Gasteiger charge is 2.31. The number of H-pyrrole nitrogens is 1. The molecule has 0 aliphatic heterocycles. The van der Waals surface area contributed by atoms with Crippen LogP contribution in [0.5, 0.6) is 0 Å². The molecule has 118 valence electrons. The Morgan fingerprint density at radius 1 is 1.14 bits per heavy atom. The fourth-order valence-electron chi connectivity index (χ4n) is 1.72. The van der Waals surface area contributed by atoms with Crippen LogP contribution in [0.4, 0.5) is 18.9 Å². The molecule has 0 aliphatic carbocycles. The van der Waals surface area contributed by atoms with Crippen molar-refractivity contribution in [3.05, 3.63) is 64.1 Å². The highest BCUT2D eigenvalue weighted by Crippen LogP contribution is 2.29. The molecule has 0 bridgehead atoms. The zero-order valence-electron chi connectivity index (χ0n) is 11.0. The van der Waals surface area contributed by atoms with Crippen molar-refractivity contribution in [3.8, 4) is 0 Å². The van der Waals surface area contributed by atoms with Crippen LogP contribution < -0.4 is 10.3 Å². The van der Waals surface area contributed by atoms with Gasteiger partial charge in [0.2, 0.25) is 10.0 Å². The summed E-state index contributed by atoms with van der Waals surface area (Å²) in [7, 11) is -4.01. The maximum Gasteiger partial charge on any atom is 0.417 e. The van der Waals surface area contributed by atoms with Crippen molar-refractivity contribution < 1.29 is 21.6 Å². The number of nitrogens with one attached hydrogen (secondary N) is 2. The van der Waals surface area contributed by atoms with Crippen molar-refractivity contribution in [2.24, 2.45) is 0 Å². The molecule has 1 aromatic heterocycles. The van der Waals surface area contributed by atoms with Gasteiger partial charge in [0, 0.05) is 6.20 Å². The van der Waals surface area contributed by atoms with Crippen LogP contribution in [0, 0.1) is 0 Å². The highest BCUT2D eigenvalue weighted by molar-refractivity contribution is 7.91. The van der Waals surface area contributed by atoms with Crippen LogP contribution in [-0.2, 0) is 22.0 Å². The van der Waals surface area contributed by atoms with Gasteiger partial charge in [0.1, 0.15) is 5.69 Å². The molecule has 22 heavy (non-hydrogen) atoms. The number of alkyl halides is 3. The summed E-state index contributed by atoms with van der Waals surface area (Å²) in [4.78, 5) is 13.3. The molecule has 0 spiro atoms. The number of benzene rings is 1. The van der Waals surface area contributed by atoms with Gasteiger partial charge in [-0.15, -0.1) is 0 Å². The van der Waals surface area contributed by atoms with Crippen LogP contribution in [0.2, 0.25) is 0 Å². The van der Waals surface area contributed by atoms with Crippen LogP contribution in [0.25, 0.3) is 0 Å². The molecule has 2 aromatic rings. The molecule has 1 aromatic carbocycles. The SMILES string of the molecule is O=c1[nH]cc(C(F)(F)F)cc1NS(=O)(=O)Cc1ccccc1. The molecule has 0 saturated carbocycles. The maximum absolute atomic E-state index is 12.6. The zero-order valence-corrected chi connectivity index (χ0v) is 11.8. The van der Waals surface area contributed by atoms with Gasteiger partial charge in [0.15, 0.2) is 0 Å². The summed E-state index contributed by atoms with van der Waals surface area (Å²) in [5.74, 6) is -0.455. The molecule has 2 rings (SSSR count). The summed E-state index contributed by atoms with van der Waals surface area (Å²) in [6, 6.07) is 8.51. The second-order valence-corrected chi connectivity index (χ2v) is 6.20.